The molecule has 0 saturated carbocycles. The number of hydrogen-bond donors (Lipinski definition) is 0. The van der Waals surface area contributed by atoms with E-state index in [2.05, 4.69) is 20.9 Å². The number of aliphatic imine (C=N–C) groups is 1. The number of benzene rings is 3. The van der Waals surface area contributed by atoms with Gasteiger partial charge in [0.2, 0.25) is 0 Å². The van der Waals surface area contributed by atoms with Crippen LogP contribution in [0.15, 0.2) is 88.0 Å². The molecule has 0 N–H and O–H groups in total. The van der Waals surface area contributed by atoms with Gasteiger partial charge in [-0.05, 0) is 66.2 Å². The van der Waals surface area contributed by atoms with Crippen molar-refractivity contribution in [3.8, 4) is 0 Å². The summed E-state index contributed by atoms with van der Waals surface area (Å²) in [5.74, 6) is 0.180. The fourth-order valence-corrected chi connectivity index (χ4v) is 3.53. The molecule has 0 atom stereocenters. The second-order valence-corrected chi connectivity index (χ2v) is 7.79. The Hall–Kier alpha value is -3.29. The molecule has 0 aliphatic carbocycles. The molecular formula is C22H13BrClN3O3. The van der Waals surface area contributed by atoms with Crippen molar-refractivity contribution in [2.75, 3.05) is 4.90 Å². The number of carbonyl (C=O) groups is 1. The molecule has 3 aromatic rings. The van der Waals surface area contributed by atoms with Gasteiger partial charge >= 0.3 is 0 Å². The van der Waals surface area contributed by atoms with Crippen LogP contribution in [0.4, 0.5) is 11.4 Å². The maximum absolute atomic E-state index is 13.2. The zero-order valence-electron chi connectivity index (χ0n) is 15.3. The van der Waals surface area contributed by atoms with Crippen LogP contribution in [0.2, 0.25) is 5.02 Å². The van der Waals surface area contributed by atoms with Crippen molar-refractivity contribution < 1.29 is 9.72 Å². The first-order valence-electron chi connectivity index (χ1n) is 8.83. The Morgan fingerprint density at radius 1 is 1.03 bits per heavy atom. The van der Waals surface area contributed by atoms with E-state index in [-0.39, 0.29) is 17.3 Å². The standard InChI is InChI=1S/C22H13BrClN3O3/c23-16-2-1-3-19(13-16)26-21(15-6-8-17(24)9-7-15)25-20(22(26)28)12-14-4-10-18(11-5-14)27(29)30/h1-13H/b20-12+. The minimum atomic E-state index is -0.469. The van der Waals surface area contributed by atoms with Crippen molar-refractivity contribution >= 4 is 56.7 Å². The molecule has 0 fully saturated rings. The van der Waals surface area contributed by atoms with Crippen LogP contribution in [0, 0.1) is 10.1 Å². The maximum atomic E-state index is 13.2. The molecule has 0 saturated heterocycles. The van der Waals surface area contributed by atoms with E-state index >= 15 is 0 Å². The van der Waals surface area contributed by atoms with E-state index in [0.717, 1.165) is 10.0 Å². The molecule has 0 aromatic heterocycles. The van der Waals surface area contributed by atoms with Gasteiger partial charge in [0.05, 0.1) is 10.6 Å². The lowest BCUT2D eigenvalue weighted by Gasteiger charge is -2.18. The van der Waals surface area contributed by atoms with Gasteiger partial charge in [-0.15, -0.1) is 0 Å². The van der Waals surface area contributed by atoms with Crippen LogP contribution in [-0.2, 0) is 4.79 Å². The van der Waals surface area contributed by atoms with Crippen molar-refractivity contribution in [3.05, 3.63) is 109 Å². The monoisotopic (exact) mass is 481 g/mol. The molecular weight excluding hydrogens is 470 g/mol. The molecule has 1 aliphatic rings. The van der Waals surface area contributed by atoms with Crippen LogP contribution in [0.25, 0.3) is 6.08 Å². The molecule has 0 radical (unpaired) electrons. The minimum absolute atomic E-state index is 0.0176. The third-order valence-electron chi connectivity index (χ3n) is 4.44. The summed E-state index contributed by atoms with van der Waals surface area (Å²) >= 11 is 9.44. The maximum Gasteiger partial charge on any atom is 0.282 e. The number of nitro groups is 1. The zero-order valence-corrected chi connectivity index (χ0v) is 17.7. The number of nitrogens with zero attached hydrogens (tertiary/aromatic N) is 3. The van der Waals surface area contributed by atoms with Crippen molar-refractivity contribution in [1.29, 1.82) is 0 Å². The van der Waals surface area contributed by atoms with Gasteiger partial charge in [0.1, 0.15) is 11.5 Å². The largest absolute Gasteiger partial charge is 0.282 e. The van der Waals surface area contributed by atoms with Gasteiger partial charge in [0.15, 0.2) is 0 Å². The highest BCUT2D eigenvalue weighted by Crippen LogP contribution is 2.30. The summed E-state index contributed by atoms with van der Waals surface area (Å²) in [4.78, 5) is 29.7. The van der Waals surface area contributed by atoms with Crippen molar-refractivity contribution in [2.45, 2.75) is 0 Å². The predicted octanol–water partition coefficient (Wildman–Crippen LogP) is 5.85. The summed E-state index contributed by atoms with van der Waals surface area (Å²) < 4.78 is 0.830. The molecule has 8 heteroatoms. The second-order valence-electron chi connectivity index (χ2n) is 6.44. The molecule has 4 rings (SSSR count). The van der Waals surface area contributed by atoms with Crippen LogP contribution in [0.5, 0.6) is 0 Å². The first-order chi connectivity index (χ1) is 14.4. The van der Waals surface area contributed by atoms with E-state index in [4.69, 9.17) is 11.6 Å². The van der Waals surface area contributed by atoms with Crippen LogP contribution in [0.3, 0.4) is 0 Å². The van der Waals surface area contributed by atoms with E-state index in [1.807, 2.05) is 24.3 Å². The quantitative estimate of drug-likeness (QED) is 0.266. The Bertz CT molecular complexity index is 1210. The first-order valence-corrected chi connectivity index (χ1v) is 10.0. The normalized spacial score (nSPS) is 14.9. The number of halogens is 2. The number of rotatable bonds is 4. The molecule has 0 unspecified atom stereocenters. The third-order valence-corrected chi connectivity index (χ3v) is 5.18. The number of anilines is 1. The van der Waals surface area contributed by atoms with Gasteiger partial charge in [-0.25, -0.2) is 4.99 Å². The molecule has 1 aliphatic heterocycles. The summed E-state index contributed by atoms with van der Waals surface area (Å²) in [5, 5.41) is 11.4. The predicted molar refractivity (Wildman–Crippen MR) is 121 cm³/mol. The molecule has 3 aromatic carbocycles. The highest BCUT2D eigenvalue weighted by molar-refractivity contribution is 9.10. The van der Waals surface area contributed by atoms with E-state index in [1.54, 1.807) is 42.5 Å². The summed E-state index contributed by atoms with van der Waals surface area (Å²) in [5.41, 5.74) is 2.25. The van der Waals surface area contributed by atoms with Gasteiger partial charge in [-0.3, -0.25) is 19.8 Å². The summed E-state index contributed by atoms with van der Waals surface area (Å²) in [6.45, 7) is 0. The number of non-ortho nitro benzene ring substituents is 1. The average molecular weight is 483 g/mol. The zero-order chi connectivity index (χ0) is 21.3. The lowest BCUT2D eigenvalue weighted by molar-refractivity contribution is -0.384. The first kappa shape index (κ1) is 20.0. The SMILES string of the molecule is O=C1/C(=C\c2ccc([N+](=O)[O-])cc2)N=C(c2ccc(Cl)cc2)N1c1cccc(Br)c1. The van der Waals surface area contributed by atoms with Gasteiger partial charge < -0.3 is 0 Å². The lowest BCUT2D eigenvalue weighted by atomic mass is 10.1. The fraction of sp³-hybridized carbons (Fsp3) is 0. The summed E-state index contributed by atoms with van der Waals surface area (Å²) in [6, 6.07) is 20.4. The minimum Gasteiger partial charge on any atom is -0.266 e. The molecule has 148 valence electrons. The second kappa shape index (κ2) is 8.22. The van der Waals surface area contributed by atoms with Crippen molar-refractivity contribution in [2.24, 2.45) is 4.99 Å². The van der Waals surface area contributed by atoms with Crippen molar-refractivity contribution in [3.63, 3.8) is 0 Å². The van der Waals surface area contributed by atoms with Crippen LogP contribution < -0.4 is 4.90 Å². The lowest BCUT2D eigenvalue weighted by Crippen LogP contribution is -2.32. The molecule has 0 spiro atoms. The van der Waals surface area contributed by atoms with Crippen LogP contribution in [0.1, 0.15) is 11.1 Å². The number of carbonyl (C=O) groups excluding carboxylic acids is 1. The number of hydrogen-bond acceptors (Lipinski definition) is 4. The van der Waals surface area contributed by atoms with E-state index in [9.17, 15) is 14.9 Å². The molecule has 6 nitrogen and oxygen atoms in total. The van der Waals surface area contributed by atoms with Gasteiger partial charge in [0.25, 0.3) is 11.6 Å². The van der Waals surface area contributed by atoms with E-state index in [1.165, 1.54) is 17.0 Å². The van der Waals surface area contributed by atoms with E-state index in [0.29, 0.717) is 22.1 Å². The van der Waals surface area contributed by atoms with Gasteiger partial charge in [-0.1, -0.05) is 33.6 Å². The number of amidine groups is 1. The Kier molecular flexibility index (Phi) is 5.48. The molecule has 1 heterocycles. The van der Waals surface area contributed by atoms with Crippen LogP contribution >= 0.6 is 27.5 Å². The Balaban J connectivity index is 1.79. The topological polar surface area (TPSA) is 75.8 Å². The third kappa shape index (κ3) is 4.03. The fourth-order valence-electron chi connectivity index (χ4n) is 3.01. The molecule has 0 bridgehead atoms. The van der Waals surface area contributed by atoms with Crippen molar-refractivity contribution in [1.82, 2.24) is 0 Å². The number of amides is 1. The highest BCUT2D eigenvalue weighted by atomic mass is 79.9. The van der Waals surface area contributed by atoms with E-state index < -0.39 is 4.92 Å². The van der Waals surface area contributed by atoms with Crippen LogP contribution in [-0.4, -0.2) is 16.7 Å². The smallest absolute Gasteiger partial charge is 0.266 e. The number of nitro benzene ring substituents is 1. The molecule has 1 amide bonds. The highest BCUT2D eigenvalue weighted by Gasteiger charge is 2.32. The molecule has 30 heavy (non-hydrogen) atoms. The van der Waals surface area contributed by atoms with Gasteiger partial charge in [-0.2, -0.15) is 0 Å². The Morgan fingerprint density at radius 3 is 2.37 bits per heavy atom. The van der Waals surface area contributed by atoms with Gasteiger partial charge in [0, 0.05) is 27.2 Å². The summed E-state index contributed by atoms with van der Waals surface area (Å²) in [6.07, 6.45) is 1.61. The Labute approximate surface area is 185 Å². The summed E-state index contributed by atoms with van der Waals surface area (Å²) in [7, 11) is 0. The Morgan fingerprint density at radius 2 is 1.73 bits per heavy atom. The average Bonchev–Trinajstić information content (AvgIpc) is 3.05.